The number of nitrogens with zero attached hydrogens (tertiary/aromatic N) is 2. The van der Waals surface area contributed by atoms with Crippen LogP contribution < -0.4 is 4.74 Å². The van der Waals surface area contributed by atoms with Crippen molar-refractivity contribution in [2.24, 2.45) is 28.8 Å². The summed E-state index contributed by atoms with van der Waals surface area (Å²) in [4.78, 5) is 36.9. The number of allylic oxidation sites excluding steroid dienone is 2. The fourth-order valence-corrected chi connectivity index (χ4v) is 4.59. The summed E-state index contributed by atoms with van der Waals surface area (Å²) in [5, 5.41) is 5.15. The summed E-state index contributed by atoms with van der Waals surface area (Å²) in [6.07, 6.45) is 6.37. The SMILES string of the molecule is CCOC(=O)COc1ccc(Br)cc1C=NN1C(=O)C2C3C=CC(C3)C2C1=O. The zero-order valence-electron chi connectivity index (χ0n) is 15.2. The van der Waals surface area contributed by atoms with Gasteiger partial charge in [-0.25, -0.2) is 4.79 Å². The zero-order valence-corrected chi connectivity index (χ0v) is 16.8. The smallest absolute Gasteiger partial charge is 0.344 e. The number of hydrazone groups is 1. The van der Waals surface area contributed by atoms with Gasteiger partial charge in [0.05, 0.1) is 24.7 Å². The quantitative estimate of drug-likeness (QED) is 0.290. The number of carbonyl (C=O) groups excluding carboxylic acids is 3. The van der Waals surface area contributed by atoms with Crippen LogP contribution in [-0.2, 0) is 19.1 Å². The number of halogens is 1. The van der Waals surface area contributed by atoms with Crippen LogP contribution in [-0.4, -0.2) is 42.2 Å². The summed E-state index contributed by atoms with van der Waals surface area (Å²) in [5.74, 6) is -0.861. The van der Waals surface area contributed by atoms with Gasteiger partial charge < -0.3 is 9.47 Å². The Hall–Kier alpha value is -2.48. The Labute approximate surface area is 170 Å². The lowest BCUT2D eigenvalue weighted by molar-refractivity contribution is -0.145. The highest BCUT2D eigenvalue weighted by Crippen LogP contribution is 2.52. The van der Waals surface area contributed by atoms with Gasteiger partial charge >= 0.3 is 5.97 Å². The number of fused-ring (bicyclic) bond motifs is 5. The Bertz CT molecular complexity index is 867. The van der Waals surface area contributed by atoms with Crippen molar-refractivity contribution in [3.63, 3.8) is 0 Å². The maximum atomic E-state index is 12.7. The van der Waals surface area contributed by atoms with Crippen molar-refractivity contribution in [1.29, 1.82) is 0 Å². The summed E-state index contributed by atoms with van der Waals surface area (Å²) in [5.41, 5.74) is 0.539. The molecule has 4 unspecified atom stereocenters. The second-order valence-corrected chi connectivity index (χ2v) is 7.92. The van der Waals surface area contributed by atoms with E-state index in [0.29, 0.717) is 11.3 Å². The van der Waals surface area contributed by atoms with Gasteiger partial charge in [-0.05, 0) is 43.4 Å². The Morgan fingerprint density at radius 2 is 1.93 bits per heavy atom. The third-order valence-electron chi connectivity index (χ3n) is 5.38. The molecule has 1 heterocycles. The molecule has 146 valence electrons. The average molecular weight is 447 g/mol. The van der Waals surface area contributed by atoms with Crippen LogP contribution in [0.15, 0.2) is 39.9 Å². The molecule has 4 atom stereocenters. The second-order valence-electron chi connectivity index (χ2n) is 7.01. The zero-order chi connectivity index (χ0) is 19.8. The highest BCUT2D eigenvalue weighted by Gasteiger charge is 2.59. The van der Waals surface area contributed by atoms with Crippen molar-refractivity contribution in [3.8, 4) is 5.75 Å². The lowest BCUT2D eigenvalue weighted by atomic mass is 9.85. The van der Waals surface area contributed by atoms with Crippen LogP contribution in [0.1, 0.15) is 18.9 Å². The van der Waals surface area contributed by atoms with Gasteiger partial charge in [-0.2, -0.15) is 10.1 Å². The Morgan fingerprint density at radius 3 is 2.57 bits per heavy atom. The topological polar surface area (TPSA) is 85.3 Å². The van der Waals surface area contributed by atoms with Crippen molar-refractivity contribution in [1.82, 2.24) is 5.01 Å². The van der Waals surface area contributed by atoms with Gasteiger partial charge in [-0.15, -0.1) is 0 Å². The minimum atomic E-state index is -0.478. The first kappa shape index (κ1) is 18.9. The van der Waals surface area contributed by atoms with E-state index >= 15 is 0 Å². The lowest BCUT2D eigenvalue weighted by Crippen LogP contribution is -2.28. The number of esters is 1. The van der Waals surface area contributed by atoms with Gasteiger partial charge in [-0.3, -0.25) is 9.59 Å². The molecule has 1 aromatic rings. The summed E-state index contributed by atoms with van der Waals surface area (Å²) >= 11 is 3.38. The maximum absolute atomic E-state index is 12.7. The molecule has 1 aromatic carbocycles. The lowest BCUT2D eigenvalue weighted by Gasteiger charge is -2.13. The normalized spacial score (nSPS) is 27.7. The standard InChI is InChI=1S/C20H19BrN2O5/c1-2-27-16(24)10-28-15-6-5-14(21)8-13(15)9-22-23-19(25)17-11-3-4-12(7-11)18(17)20(23)26/h3-6,8-9,11-12,17-18H,2,7,10H2,1H3. The molecule has 0 aromatic heterocycles. The number of imide groups is 1. The summed E-state index contributed by atoms with van der Waals surface area (Å²) < 4.78 is 11.1. The minimum Gasteiger partial charge on any atom is -0.481 e. The van der Waals surface area contributed by atoms with Crippen molar-refractivity contribution in [2.75, 3.05) is 13.2 Å². The third kappa shape index (κ3) is 3.26. The van der Waals surface area contributed by atoms with E-state index in [0.717, 1.165) is 15.9 Å². The number of ether oxygens (including phenoxy) is 2. The fourth-order valence-electron chi connectivity index (χ4n) is 4.21. The van der Waals surface area contributed by atoms with Crippen LogP contribution in [0.2, 0.25) is 0 Å². The average Bonchev–Trinajstić information content (AvgIpc) is 3.34. The molecule has 0 radical (unpaired) electrons. The van der Waals surface area contributed by atoms with Gasteiger partial charge in [0, 0.05) is 10.0 Å². The molecule has 2 amide bonds. The molecule has 2 aliphatic carbocycles. The highest BCUT2D eigenvalue weighted by molar-refractivity contribution is 9.10. The number of hydrogen-bond acceptors (Lipinski definition) is 6. The van der Waals surface area contributed by atoms with Gasteiger partial charge in [0.1, 0.15) is 5.75 Å². The number of hydrogen-bond donors (Lipinski definition) is 0. The van der Waals surface area contributed by atoms with E-state index in [1.165, 1.54) is 6.21 Å². The van der Waals surface area contributed by atoms with Crippen molar-refractivity contribution in [2.45, 2.75) is 13.3 Å². The first-order valence-corrected chi connectivity index (χ1v) is 9.97. The maximum Gasteiger partial charge on any atom is 0.344 e. The van der Waals surface area contributed by atoms with E-state index in [2.05, 4.69) is 21.0 Å². The van der Waals surface area contributed by atoms with Crippen molar-refractivity contribution >= 4 is 39.9 Å². The minimum absolute atomic E-state index is 0.140. The van der Waals surface area contributed by atoms with Gasteiger partial charge in [0.15, 0.2) is 6.61 Å². The van der Waals surface area contributed by atoms with Gasteiger partial charge in [0.2, 0.25) is 0 Å². The van der Waals surface area contributed by atoms with E-state index in [4.69, 9.17) is 9.47 Å². The Kier molecular flexibility index (Phi) is 5.05. The Balaban J connectivity index is 1.52. The van der Waals surface area contributed by atoms with E-state index in [-0.39, 0.29) is 48.7 Å². The highest BCUT2D eigenvalue weighted by atomic mass is 79.9. The number of rotatable bonds is 6. The molecular weight excluding hydrogens is 428 g/mol. The predicted molar refractivity (Wildman–Crippen MR) is 103 cm³/mol. The second kappa shape index (κ2) is 7.50. The molecule has 28 heavy (non-hydrogen) atoms. The summed E-state index contributed by atoms with van der Waals surface area (Å²) in [6.45, 7) is 1.75. The molecule has 2 bridgehead atoms. The van der Waals surface area contributed by atoms with Gasteiger partial charge in [-0.1, -0.05) is 28.1 Å². The monoisotopic (exact) mass is 446 g/mol. The van der Waals surface area contributed by atoms with E-state index in [9.17, 15) is 14.4 Å². The first-order valence-electron chi connectivity index (χ1n) is 9.17. The predicted octanol–water partition coefficient (Wildman–Crippen LogP) is 2.53. The van der Waals surface area contributed by atoms with Crippen molar-refractivity contribution < 1.29 is 23.9 Å². The summed E-state index contributed by atoms with van der Waals surface area (Å²) in [6, 6.07) is 5.18. The van der Waals surface area contributed by atoms with Crippen LogP contribution >= 0.6 is 15.9 Å². The molecule has 7 nitrogen and oxygen atoms in total. The van der Waals surface area contributed by atoms with Gasteiger partial charge in [0.25, 0.3) is 11.8 Å². The molecule has 8 heteroatoms. The molecule has 4 rings (SSSR count). The molecule has 2 fully saturated rings. The summed E-state index contributed by atoms with van der Waals surface area (Å²) in [7, 11) is 0. The Morgan fingerprint density at radius 1 is 1.25 bits per heavy atom. The molecule has 0 spiro atoms. The van der Waals surface area contributed by atoms with E-state index in [1.807, 2.05) is 12.2 Å². The first-order chi connectivity index (χ1) is 13.5. The van der Waals surface area contributed by atoms with E-state index in [1.54, 1.807) is 25.1 Å². The molecule has 0 N–H and O–H groups in total. The molecule has 1 saturated heterocycles. The number of carbonyl (C=O) groups is 3. The molecule has 3 aliphatic rings. The van der Waals surface area contributed by atoms with Crippen molar-refractivity contribution in [3.05, 3.63) is 40.4 Å². The van der Waals surface area contributed by atoms with E-state index < -0.39 is 5.97 Å². The molecular formula is C20H19BrN2O5. The molecule has 1 aliphatic heterocycles. The van der Waals surface area contributed by atoms with Crippen LogP contribution in [0.3, 0.4) is 0 Å². The third-order valence-corrected chi connectivity index (χ3v) is 5.88. The van der Waals surface area contributed by atoms with Crippen LogP contribution in [0.4, 0.5) is 0 Å². The number of benzene rings is 1. The van der Waals surface area contributed by atoms with Crippen LogP contribution in [0.5, 0.6) is 5.75 Å². The fraction of sp³-hybridized carbons (Fsp3) is 0.400. The van der Waals surface area contributed by atoms with Crippen LogP contribution in [0.25, 0.3) is 0 Å². The number of amides is 2. The van der Waals surface area contributed by atoms with Crippen LogP contribution in [0, 0.1) is 23.7 Å². The molecule has 1 saturated carbocycles. The largest absolute Gasteiger partial charge is 0.481 e.